The van der Waals surface area contributed by atoms with Crippen molar-refractivity contribution >= 4 is 11.9 Å². The molecule has 0 aromatic heterocycles. The molecule has 0 aliphatic heterocycles. The van der Waals surface area contributed by atoms with Gasteiger partial charge in [-0.3, -0.25) is 0 Å². The number of aliphatic carboxylic acids is 2. The van der Waals surface area contributed by atoms with Gasteiger partial charge in [0.2, 0.25) is 0 Å². The minimum atomic E-state index is -1.23. The van der Waals surface area contributed by atoms with E-state index >= 15 is 0 Å². The average molecular weight is 173 g/mol. The molecule has 0 aliphatic rings. The summed E-state index contributed by atoms with van der Waals surface area (Å²) in [4.78, 5) is 18.3. The average Bonchev–Trinajstić information content (AvgIpc) is 2.09. The van der Waals surface area contributed by atoms with Crippen LogP contribution in [0.4, 0.5) is 4.39 Å². The maximum Gasteiger partial charge on any atom is 1.58 e. The second kappa shape index (κ2) is 16.1. The van der Waals surface area contributed by atoms with Gasteiger partial charge in [0, 0.05) is 0 Å². The van der Waals surface area contributed by atoms with E-state index in [1.807, 2.05) is 0 Å². The van der Waals surface area contributed by atoms with Crippen molar-refractivity contribution in [3.05, 3.63) is 32.5 Å². The summed E-state index contributed by atoms with van der Waals surface area (Å²) in [6.07, 6.45) is 1.44. The van der Waals surface area contributed by atoms with Gasteiger partial charge in [-0.25, -0.2) is 0 Å². The van der Waals surface area contributed by atoms with Crippen LogP contribution in [0.15, 0.2) is 25.3 Å². The quantitative estimate of drug-likeness (QED) is 0.468. The van der Waals surface area contributed by atoms with Gasteiger partial charge in [0.15, 0.2) is 0 Å². The molecule has 0 atom stereocenters. The van der Waals surface area contributed by atoms with E-state index in [1.165, 1.54) is 0 Å². The van der Waals surface area contributed by atoms with Crippen LogP contribution in [0.2, 0.25) is 0 Å². The van der Waals surface area contributed by atoms with Crippen molar-refractivity contribution in [3.8, 4) is 0 Å². The molecule has 0 aromatic rings. The van der Waals surface area contributed by atoms with E-state index in [9.17, 15) is 0 Å². The normalized spacial score (nSPS) is 5.67. The molecule has 0 aromatic carbocycles. The highest BCUT2D eigenvalue weighted by Gasteiger charge is 2.15. The smallest absolute Gasteiger partial charge is 0.545 e. The van der Waals surface area contributed by atoms with Crippen LogP contribution in [0, 0.1) is 7.18 Å². The van der Waals surface area contributed by atoms with E-state index in [2.05, 4.69) is 20.3 Å². The topological polar surface area (TPSA) is 80.3 Å². The van der Waals surface area contributed by atoms with Crippen molar-refractivity contribution in [2.75, 3.05) is 0 Å². The number of carbonyl (C=O) groups is 2. The van der Waals surface area contributed by atoms with E-state index in [0.717, 1.165) is 12.2 Å². The highest BCUT2D eigenvalue weighted by Crippen LogP contribution is 1.47. The van der Waals surface area contributed by atoms with Crippen LogP contribution in [-0.2, 0) is 9.59 Å². The summed E-state index contributed by atoms with van der Waals surface area (Å²) < 4.78 is 8.75. The molecule has 0 unspecified atom stereocenters. The molecular formula is C7H6FO4. The van der Waals surface area contributed by atoms with Crippen molar-refractivity contribution in [3.63, 3.8) is 0 Å². The third-order valence-corrected chi connectivity index (χ3v) is 0.333. The Morgan fingerprint density at radius 1 is 1.08 bits per heavy atom. The molecule has 0 rings (SSSR count). The maximum absolute atomic E-state index is 9.14. The Balaban J connectivity index is -0.000000112. The number of carboxylic acids is 2. The Hall–Kier alpha value is -1.87. The Labute approximate surface area is 69.6 Å². The standard InChI is InChI=1S/2C3H4O2.CF/c2*1-2-3(4)5;1-2/h2*2H,1H2,(H,4,5);/q;;+2/p-2. The van der Waals surface area contributed by atoms with Crippen LogP contribution < -0.4 is 10.2 Å². The molecule has 0 heterocycles. The number of carboxylic acid groups (broad SMARTS) is 2. The van der Waals surface area contributed by atoms with Crippen molar-refractivity contribution in [2.24, 2.45) is 0 Å². The zero-order chi connectivity index (χ0) is 10.6. The van der Waals surface area contributed by atoms with E-state index in [4.69, 9.17) is 24.2 Å². The lowest BCUT2D eigenvalue weighted by Crippen LogP contribution is -2.17. The van der Waals surface area contributed by atoms with Crippen molar-refractivity contribution < 1.29 is 24.2 Å². The van der Waals surface area contributed by atoms with Crippen molar-refractivity contribution in [1.29, 1.82) is 0 Å². The number of halogens is 1. The Morgan fingerprint density at radius 3 is 1.17 bits per heavy atom. The molecule has 0 bridgehead atoms. The number of carbonyl (C=O) groups excluding carboxylic acids is 2. The molecule has 4 nitrogen and oxygen atoms in total. The van der Waals surface area contributed by atoms with Gasteiger partial charge >= 0.3 is 11.6 Å². The van der Waals surface area contributed by atoms with Crippen LogP contribution in [0.25, 0.3) is 0 Å². The van der Waals surface area contributed by atoms with Gasteiger partial charge in [0.1, 0.15) is 0 Å². The molecule has 1 radical (unpaired) electrons. The summed E-state index contributed by atoms with van der Waals surface area (Å²) in [5.41, 5.74) is 0. The molecule has 0 saturated heterocycles. The fourth-order valence-corrected chi connectivity index (χ4v) is 0. The Bertz CT molecular complexity index is 135. The van der Waals surface area contributed by atoms with Crippen LogP contribution in [0.1, 0.15) is 0 Å². The second-order valence-electron chi connectivity index (χ2n) is 1.05. The summed E-state index contributed by atoms with van der Waals surface area (Å²) in [5, 5.41) is 18.3. The summed E-state index contributed by atoms with van der Waals surface area (Å²) >= 11 is 0. The predicted molar refractivity (Wildman–Crippen MR) is 34.8 cm³/mol. The molecule has 0 saturated carbocycles. The van der Waals surface area contributed by atoms with E-state index in [0.29, 0.717) is 0 Å². The first kappa shape index (κ1) is 16.6. The molecule has 0 fully saturated rings. The molecule has 65 valence electrons. The van der Waals surface area contributed by atoms with E-state index in [1.54, 1.807) is 0 Å². The van der Waals surface area contributed by atoms with E-state index < -0.39 is 11.9 Å². The van der Waals surface area contributed by atoms with Gasteiger partial charge < -0.3 is 19.8 Å². The van der Waals surface area contributed by atoms with Gasteiger partial charge in [-0.05, 0) is 12.2 Å². The minimum Gasteiger partial charge on any atom is -0.545 e. The van der Waals surface area contributed by atoms with Crippen LogP contribution in [0.5, 0.6) is 0 Å². The van der Waals surface area contributed by atoms with Crippen LogP contribution in [0.3, 0.4) is 0 Å². The first-order valence-electron chi connectivity index (χ1n) is 2.40. The summed E-state index contributed by atoms with van der Waals surface area (Å²) in [6.45, 7) is 5.80. The fraction of sp³-hybridized carbons (Fsp3) is 0. The Morgan fingerprint density at radius 2 is 1.17 bits per heavy atom. The molecule has 12 heavy (non-hydrogen) atoms. The molecular weight excluding hydrogens is 167 g/mol. The monoisotopic (exact) mass is 173 g/mol. The molecule has 0 aliphatic carbocycles. The first-order valence-corrected chi connectivity index (χ1v) is 2.40. The van der Waals surface area contributed by atoms with Crippen LogP contribution in [-0.4, -0.2) is 11.9 Å². The lowest BCUT2D eigenvalue weighted by atomic mass is 10.7. The van der Waals surface area contributed by atoms with Crippen molar-refractivity contribution in [1.82, 2.24) is 0 Å². The maximum atomic E-state index is 9.14. The second-order valence-corrected chi connectivity index (χ2v) is 1.05. The van der Waals surface area contributed by atoms with Gasteiger partial charge in [-0.15, -0.1) is 0 Å². The van der Waals surface area contributed by atoms with Gasteiger partial charge in [0.25, 0.3) is 0 Å². The SMILES string of the molecule is C=CC(=O)[O-].C=CC(=O)[O-].[C+2]F. The third kappa shape index (κ3) is 91.1. The van der Waals surface area contributed by atoms with Gasteiger partial charge in [-0.1, -0.05) is 13.2 Å². The summed E-state index contributed by atoms with van der Waals surface area (Å²) in [6, 6.07) is 0. The molecule has 0 amide bonds. The highest BCUT2D eigenvalue weighted by atomic mass is 19.1. The number of hydrogen-bond acceptors (Lipinski definition) is 4. The molecule has 5 heteroatoms. The minimum absolute atomic E-state index is 0.722. The largest absolute Gasteiger partial charge is 1.58 e. The summed E-state index contributed by atoms with van der Waals surface area (Å²) in [7, 11) is 4.25. The van der Waals surface area contributed by atoms with E-state index in [-0.39, 0.29) is 0 Å². The lowest BCUT2D eigenvalue weighted by Gasteiger charge is -1.81. The van der Waals surface area contributed by atoms with Crippen LogP contribution >= 0.6 is 0 Å². The highest BCUT2D eigenvalue weighted by molar-refractivity contribution is 5.76. The third-order valence-electron chi connectivity index (χ3n) is 0.333. The number of hydrogen-bond donors (Lipinski definition) is 0. The number of rotatable bonds is 2. The fourth-order valence-electron chi connectivity index (χ4n) is 0. The zero-order valence-corrected chi connectivity index (χ0v) is 6.08. The van der Waals surface area contributed by atoms with Crippen molar-refractivity contribution in [2.45, 2.75) is 0 Å². The Kier molecular flexibility index (Phi) is 22.2. The summed E-state index contributed by atoms with van der Waals surface area (Å²) in [5.74, 6) is -2.46. The van der Waals surface area contributed by atoms with Gasteiger partial charge in [-0.2, -0.15) is 0 Å². The molecule has 0 N–H and O–H groups in total. The first-order chi connectivity index (χ1) is 5.54. The predicted octanol–water partition coefficient (Wildman–Crippen LogP) is -1.65. The van der Waals surface area contributed by atoms with Gasteiger partial charge in [0.05, 0.1) is 11.9 Å². The lowest BCUT2D eigenvalue weighted by molar-refractivity contribution is -0.298. The zero-order valence-electron chi connectivity index (χ0n) is 6.08. The molecule has 0 spiro atoms.